The highest BCUT2D eigenvalue weighted by atomic mass is 79.9. The zero-order valence-corrected chi connectivity index (χ0v) is 12.0. The van der Waals surface area contributed by atoms with E-state index < -0.39 is 0 Å². The number of halogens is 1. The molecule has 16 heavy (non-hydrogen) atoms. The number of benzene rings is 1. The average molecular weight is 304 g/mol. The summed E-state index contributed by atoms with van der Waals surface area (Å²) in [5, 5.41) is 9.92. The molecule has 0 aliphatic carbocycles. The summed E-state index contributed by atoms with van der Waals surface area (Å²) in [7, 11) is 0. The van der Waals surface area contributed by atoms with Gasteiger partial charge in [0.2, 0.25) is 0 Å². The summed E-state index contributed by atoms with van der Waals surface area (Å²) in [5.74, 6) is 0. The van der Waals surface area contributed by atoms with Gasteiger partial charge in [-0.25, -0.2) is 0 Å². The molecule has 4 heteroatoms. The molecule has 1 aromatic carbocycles. The van der Waals surface area contributed by atoms with Crippen LogP contribution < -0.4 is 5.73 Å². The first-order chi connectivity index (χ1) is 7.54. The minimum Gasteiger partial charge on any atom is -0.392 e. The van der Waals surface area contributed by atoms with Crippen molar-refractivity contribution < 1.29 is 5.11 Å². The van der Waals surface area contributed by atoms with Gasteiger partial charge >= 0.3 is 0 Å². The maximum atomic E-state index is 9.50. The molecule has 3 unspecified atom stereocenters. The highest BCUT2D eigenvalue weighted by Crippen LogP contribution is 2.33. The second kappa shape index (κ2) is 6.64. The molecule has 0 spiro atoms. The summed E-state index contributed by atoms with van der Waals surface area (Å²) in [6.45, 7) is 4.42. The van der Waals surface area contributed by atoms with Crippen molar-refractivity contribution in [2.75, 3.05) is 6.54 Å². The zero-order valence-electron chi connectivity index (χ0n) is 9.56. The van der Waals surface area contributed by atoms with Gasteiger partial charge in [0.1, 0.15) is 0 Å². The lowest BCUT2D eigenvalue weighted by Crippen LogP contribution is -2.20. The molecule has 1 aromatic rings. The van der Waals surface area contributed by atoms with Crippen LogP contribution in [0.4, 0.5) is 0 Å². The quantitative estimate of drug-likeness (QED) is 0.879. The van der Waals surface area contributed by atoms with Crippen LogP contribution in [0.2, 0.25) is 0 Å². The predicted molar refractivity (Wildman–Crippen MR) is 74.7 cm³/mol. The molecule has 0 fully saturated rings. The molecule has 0 aromatic heterocycles. The fraction of sp³-hybridized carbons (Fsp3) is 0.500. The fourth-order valence-corrected chi connectivity index (χ4v) is 2.93. The summed E-state index contributed by atoms with van der Waals surface area (Å²) < 4.78 is 1.06. The molecule has 0 saturated carbocycles. The zero-order chi connectivity index (χ0) is 12.1. The molecule has 0 bridgehead atoms. The van der Waals surface area contributed by atoms with Gasteiger partial charge in [-0.05, 0) is 24.6 Å². The van der Waals surface area contributed by atoms with Crippen LogP contribution in [0.5, 0.6) is 0 Å². The Labute approximate surface area is 110 Å². The monoisotopic (exact) mass is 303 g/mol. The van der Waals surface area contributed by atoms with E-state index in [1.165, 1.54) is 5.56 Å². The van der Waals surface area contributed by atoms with Crippen LogP contribution in [0.15, 0.2) is 28.7 Å². The summed E-state index contributed by atoms with van der Waals surface area (Å²) in [4.78, 5) is 0. The Bertz CT molecular complexity index is 333. The number of aliphatic hydroxyl groups excluding tert-OH is 1. The average Bonchev–Trinajstić information content (AvgIpc) is 2.25. The van der Waals surface area contributed by atoms with Crippen LogP contribution >= 0.6 is 27.7 Å². The van der Waals surface area contributed by atoms with Crippen LogP contribution in [0.3, 0.4) is 0 Å². The number of aliphatic hydroxyl groups is 1. The van der Waals surface area contributed by atoms with Crippen LogP contribution in [0, 0.1) is 0 Å². The van der Waals surface area contributed by atoms with Gasteiger partial charge in [0.25, 0.3) is 0 Å². The van der Waals surface area contributed by atoms with E-state index >= 15 is 0 Å². The van der Waals surface area contributed by atoms with E-state index in [9.17, 15) is 5.11 Å². The third kappa shape index (κ3) is 4.09. The molecular formula is C12H18BrNOS. The Morgan fingerprint density at radius 3 is 2.62 bits per heavy atom. The molecular weight excluding hydrogens is 286 g/mol. The Morgan fingerprint density at radius 1 is 1.44 bits per heavy atom. The number of hydrogen-bond donors (Lipinski definition) is 2. The molecule has 0 amide bonds. The number of hydrogen-bond acceptors (Lipinski definition) is 3. The molecule has 90 valence electrons. The molecule has 1 rings (SSSR count). The largest absolute Gasteiger partial charge is 0.392 e. The molecule has 0 radical (unpaired) electrons. The standard InChI is InChI=1S/C12H18BrNOS/c1-8(15)9(2)16-12(7-14)10-4-3-5-11(13)6-10/h3-6,8-9,12,15H,7,14H2,1-2H3. The van der Waals surface area contributed by atoms with Gasteiger partial charge in [0.15, 0.2) is 0 Å². The molecule has 3 N–H and O–H groups in total. The maximum Gasteiger partial charge on any atom is 0.0628 e. The van der Waals surface area contributed by atoms with Crippen molar-refractivity contribution in [1.82, 2.24) is 0 Å². The maximum absolute atomic E-state index is 9.50. The highest BCUT2D eigenvalue weighted by Gasteiger charge is 2.17. The van der Waals surface area contributed by atoms with Crippen LogP contribution in [0.25, 0.3) is 0 Å². The van der Waals surface area contributed by atoms with Gasteiger partial charge in [-0.15, -0.1) is 11.8 Å². The van der Waals surface area contributed by atoms with Gasteiger partial charge in [-0.1, -0.05) is 35.0 Å². The van der Waals surface area contributed by atoms with Gasteiger partial charge in [-0.3, -0.25) is 0 Å². The Kier molecular flexibility index (Phi) is 5.83. The van der Waals surface area contributed by atoms with E-state index in [0.717, 1.165) is 4.47 Å². The van der Waals surface area contributed by atoms with E-state index in [4.69, 9.17) is 5.73 Å². The second-order valence-corrected chi connectivity index (χ2v) is 6.36. The smallest absolute Gasteiger partial charge is 0.0628 e. The summed E-state index contributed by atoms with van der Waals surface area (Å²) >= 11 is 5.17. The van der Waals surface area contributed by atoms with E-state index in [-0.39, 0.29) is 16.6 Å². The van der Waals surface area contributed by atoms with Crippen LogP contribution in [0.1, 0.15) is 24.7 Å². The van der Waals surface area contributed by atoms with E-state index in [0.29, 0.717) is 6.54 Å². The van der Waals surface area contributed by atoms with Gasteiger partial charge in [0.05, 0.1) is 6.10 Å². The SMILES string of the molecule is CC(O)C(C)SC(CN)c1cccc(Br)c1. The lowest BCUT2D eigenvalue weighted by atomic mass is 10.1. The van der Waals surface area contributed by atoms with Crippen molar-refractivity contribution in [3.8, 4) is 0 Å². The first-order valence-electron chi connectivity index (χ1n) is 5.33. The number of rotatable bonds is 5. The molecule has 0 aliphatic heterocycles. The molecule has 0 heterocycles. The summed E-state index contributed by atoms with van der Waals surface area (Å²) in [5.41, 5.74) is 6.99. The third-order valence-electron chi connectivity index (χ3n) is 2.49. The van der Waals surface area contributed by atoms with Crippen LogP contribution in [-0.2, 0) is 0 Å². The van der Waals surface area contributed by atoms with Crippen molar-refractivity contribution in [3.05, 3.63) is 34.3 Å². The van der Waals surface area contributed by atoms with Gasteiger partial charge in [-0.2, -0.15) is 0 Å². The van der Waals surface area contributed by atoms with Gasteiger partial charge < -0.3 is 10.8 Å². The summed E-state index contributed by atoms with van der Waals surface area (Å²) in [6.07, 6.45) is -0.314. The lowest BCUT2D eigenvalue weighted by Gasteiger charge is -2.21. The predicted octanol–water partition coefficient (Wildman–Crippen LogP) is 2.95. The third-order valence-corrected chi connectivity index (χ3v) is 4.60. The van der Waals surface area contributed by atoms with Crippen molar-refractivity contribution in [1.29, 1.82) is 0 Å². The lowest BCUT2D eigenvalue weighted by molar-refractivity contribution is 0.196. The number of nitrogens with two attached hydrogens (primary N) is 1. The molecule has 0 aliphatic rings. The highest BCUT2D eigenvalue weighted by molar-refractivity contribution is 9.10. The van der Waals surface area contributed by atoms with Crippen molar-refractivity contribution in [2.45, 2.75) is 30.5 Å². The fourth-order valence-electron chi connectivity index (χ4n) is 1.35. The topological polar surface area (TPSA) is 46.2 Å². The number of thioether (sulfide) groups is 1. The van der Waals surface area contributed by atoms with Crippen molar-refractivity contribution in [2.24, 2.45) is 5.73 Å². The Morgan fingerprint density at radius 2 is 2.12 bits per heavy atom. The van der Waals surface area contributed by atoms with E-state index in [1.54, 1.807) is 11.8 Å². The van der Waals surface area contributed by atoms with E-state index in [2.05, 4.69) is 28.1 Å². The minimum absolute atomic E-state index is 0.188. The van der Waals surface area contributed by atoms with Crippen LogP contribution in [-0.4, -0.2) is 23.0 Å². The molecule has 2 nitrogen and oxygen atoms in total. The first-order valence-corrected chi connectivity index (χ1v) is 7.07. The Hall–Kier alpha value is -0.0300. The molecule has 3 atom stereocenters. The second-order valence-electron chi connectivity index (χ2n) is 3.86. The van der Waals surface area contributed by atoms with E-state index in [1.807, 2.05) is 26.0 Å². The summed E-state index contributed by atoms with van der Waals surface area (Å²) in [6, 6.07) is 8.17. The van der Waals surface area contributed by atoms with Gasteiger partial charge in [0, 0.05) is 21.5 Å². The first kappa shape index (κ1) is 14.0. The minimum atomic E-state index is -0.314. The van der Waals surface area contributed by atoms with Crippen molar-refractivity contribution >= 4 is 27.7 Å². The molecule has 0 saturated heterocycles. The Balaban J connectivity index is 2.74. The van der Waals surface area contributed by atoms with Crippen molar-refractivity contribution in [3.63, 3.8) is 0 Å². The normalized spacial score (nSPS) is 16.8.